The van der Waals surface area contributed by atoms with Crippen LogP contribution in [0, 0.1) is 0 Å². The van der Waals surface area contributed by atoms with Crippen LogP contribution < -0.4 is 5.73 Å². The summed E-state index contributed by atoms with van der Waals surface area (Å²) >= 11 is 0. The highest BCUT2D eigenvalue weighted by Gasteiger charge is 2.27. The summed E-state index contributed by atoms with van der Waals surface area (Å²) in [7, 11) is 0. The zero-order valence-corrected chi connectivity index (χ0v) is 11.2. The normalized spacial score (nSPS) is 22.2. The van der Waals surface area contributed by atoms with Gasteiger partial charge in [-0.3, -0.25) is 4.90 Å². The molecule has 0 radical (unpaired) electrons. The monoisotopic (exact) mass is 248 g/mol. The topological polar surface area (TPSA) is 38.5 Å². The van der Waals surface area contributed by atoms with Gasteiger partial charge in [0.05, 0.1) is 6.10 Å². The van der Waals surface area contributed by atoms with Gasteiger partial charge in [-0.2, -0.15) is 0 Å². The van der Waals surface area contributed by atoms with E-state index in [1.54, 1.807) is 0 Å². The lowest BCUT2D eigenvalue weighted by molar-refractivity contribution is 0.0359. The molecule has 0 saturated carbocycles. The Hall–Kier alpha value is -0.900. The van der Waals surface area contributed by atoms with Gasteiger partial charge in [-0.05, 0) is 31.9 Å². The van der Waals surface area contributed by atoms with Gasteiger partial charge in [-0.25, -0.2) is 0 Å². The van der Waals surface area contributed by atoms with E-state index in [1.807, 2.05) is 6.92 Å². The first-order valence-electron chi connectivity index (χ1n) is 6.95. The molecule has 0 aliphatic carbocycles. The Balaban J connectivity index is 1.99. The van der Waals surface area contributed by atoms with Crippen LogP contribution in [0.15, 0.2) is 30.3 Å². The van der Waals surface area contributed by atoms with Crippen LogP contribution in [-0.4, -0.2) is 37.2 Å². The standard InChI is InChI=1S/C15H24N2O/c1-2-18-14(11-16)12-17-10-6-9-15(17)13-7-4-3-5-8-13/h3-5,7-8,14-15H,2,6,9-12,16H2,1H3. The molecule has 0 spiro atoms. The van der Waals surface area contributed by atoms with Gasteiger partial charge in [0.2, 0.25) is 0 Å². The van der Waals surface area contributed by atoms with Crippen molar-refractivity contribution in [2.45, 2.75) is 31.9 Å². The maximum Gasteiger partial charge on any atom is 0.0823 e. The number of nitrogens with zero attached hydrogens (tertiary/aromatic N) is 1. The van der Waals surface area contributed by atoms with E-state index >= 15 is 0 Å². The van der Waals surface area contributed by atoms with Crippen molar-refractivity contribution in [3.63, 3.8) is 0 Å². The molecule has 18 heavy (non-hydrogen) atoms. The lowest BCUT2D eigenvalue weighted by atomic mass is 10.0. The second kappa shape index (κ2) is 6.88. The Bertz CT molecular complexity index is 342. The molecule has 2 rings (SSSR count). The second-order valence-corrected chi connectivity index (χ2v) is 4.88. The highest BCUT2D eigenvalue weighted by molar-refractivity contribution is 5.20. The molecule has 0 amide bonds. The molecular weight excluding hydrogens is 224 g/mol. The molecule has 0 bridgehead atoms. The number of rotatable bonds is 6. The fraction of sp³-hybridized carbons (Fsp3) is 0.600. The van der Waals surface area contributed by atoms with E-state index in [9.17, 15) is 0 Å². The van der Waals surface area contributed by atoms with Gasteiger partial charge < -0.3 is 10.5 Å². The molecular formula is C15H24N2O. The summed E-state index contributed by atoms with van der Waals surface area (Å²) in [6, 6.07) is 11.3. The van der Waals surface area contributed by atoms with Gasteiger partial charge in [0.25, 0.3) is 0 Å². The number of hydrogen-bond acceptors (Lipinski definition) is 3. The van der Waals surface area contributed by atoms with Crippen LogP contribution in [0.5, 0.6) is 0 Å². The lowest BCUT2D eigenvalue weighted by Crippen LogP contribution is -2.38. The zero-order valence-electron chi connectivity index (χ0n) is 11.2. The SMILES string of the molecule is CCOC(CN)CN1CCCC1c1ccccc1. The van der Waals surface area contributed by atoms with Gasteiger partial charge >= 0.3 is 0 Å². The Labute approximate surface area is 110 Å². The second-order valence-electron chi connectivity index (χ2n) is 4.88. The third-order valence-electron chi connectivity index (χ3n) is 3.65. The molecule has 2 N–H and O–H groups in total. The first kappa shape index (κ1) is 13.5. The quantitative estimate of drug-likeness (QED) is 0.838. The van der Waals surface area contributed by atoms with Gasteiger partial charge in [0.1, 0.15) is 0 Å². The van der Waals surface area contributed by atoms with Crippen molar-refractivity contribution in [2.24, 2.45) is 5.73 Å². The van der Waals surface area contributed by atoms with Gasteiger partial charge in [0.15, 0.2) is 0 Å². The summed E-state index contributed by atoms with van der Waals surface area (Å²) in [4.78, 5) is 2.52. The lowest BCUT2D eigenvalue weighted by Gasteiger charge is -2.28. The highest BCUT2D eigenvalue weighted by atomic mass is 16.5. The van der Waals surface area contributed by atoms with E-state index in [-0.39, 0.29) is 6.10 Å². The molecule has 2 unspecified atom stereocenters. The fourth-order valence-corrected chi connectivity index (χ4v) is 2.79. The number of nitrogens with two attached hydrogens (primary N) is 1. The van der Waals surface area contributed by atoms with Crippen LogP contribution >= 0.6 is 0 Å². The first-order valence-corrected chi connectivity index (χ1v) is 6.95. The molecule has 3 nitrogen and oxygen atoms in total. The molecule has 1 heterocycles. The maximum atomic E-state index is 5.77. The minimum Gasteiger partial charge on any atom is -0.376 e. The molecule has 1 aliphatic rings. The first-order chi connectivity index (χ1) is 8.85. The van der Waals surface area contributed by atoms with Crippen molar-refractivity contribution in [1.29, 1.82) is 0 Å². The predicted octanol–water partition coefficient (Wildman–Crippen LogP) is 2.19. The molecule has 0 aromatic heterocycles. The van der Waals surface area contributed by atoms with Crippen molar-refractivity contribution in [1.82, 2.24) is 4.90 Å². The number of ether oxygens (including phenoxy) is 1. The molecule has 1 aliphatic heterocycles. The molecule has 1 fully saturated rings. The zero-order chi connectivity index (χ0) is 12.8. The summed E-state index contributed by atoms with van der Waals surface area (Å²) in [6.07, 6.45) is 2.68. The van der Waals surface area contributed by atoms with Crippen molar-refractivity contribution >= 4 is 0 Å². The number of benzene rings is 1. The Kier molecular flexibility index (Phi) is 5.17. The molecule has 2 atom stereocenters. The van der Waals surface area contributed by atoms with Crippen LogP contribution in [0.25, 0.3) is 0 Å². The molecule has 1 saturated heterocycles. The average molecular weight is 248 g/mol. The van der Waals surface area contributed by atoms with Gasteiger partial charge in [-0.15, -0.1) is 0 Å². The van der Waals surface area contributed by atoms with Crippen molar-refractivity contribution < 1.29 is 4.74 Å². The van der Waals surface area contributed by atoms with Gasteiger partial charge in [-0.1, -0.05) is 30.3 Å². The largest absolute Gasteiger partial charge is 0.376 e. The van der Waals surface area contributed by atoms with E-state index in [2.05, 4.69) is 35.2 Å². The fourth-order valence-electron chi connectivity index (χ4n) is 2.79. The van der Waals surface area contributed by atoms with E-state index in [1.165, 1.54) is 18.4 Å². The minimum atomic E-state index is 0.166. The Morgan fingerprint density at radius 2 is 2.17 bits per heavy atom. The van der Waals surface area contributed by atoms with Crippen molar-refractivity contribution in [3.8, 4) is 0 Å². The van der Waals surface area contributed by atoms with Crippen LogP contribution in [-0.2, 0) is 4.74 Å². The molecule has 3 heteroatoms. The molecule has 100 valence electrons. The Morgan fingerprint density at radius 1 is 1.39 bits per heavy atom. The average Bonchev–Trinajstić information content (AvgIpc) is 2.87. The van der Waals surface area contributed by atoms with E-state index in [4.69, 9.17) is 10.5 Å². The smallest absolute Gasteiger partial charge is 0.0823 e. The number of likely N-dealkylation sites (tertiary alicyclic amines) is 1. The third kappa shape index (κ3) is 3.31. The van der Waals surface area contributed by atoms with Crippen LogP contribution in [0.3, 0.4) is 0 Å². The summed E-state index contributed by atoms with van der Waals surface area (Å²) in [5.41, 5.74) is 7.19. The summed E-state index contributed by atoms with van der Waals surface area (Å²) < 4.78 is 5.67. The van der Waals surface area contributed by atoms with Crippen LogP contribution in [0.1, 0.15) is 31.4 Å². The summed E-state index contributed by atoms with van der Waals surface area (Å²) in [6.45, 7) is 5.48. The summed E-state index contributed by atoms with van der Waals surface area (Å²) in [5, 5.41) is 0. The molecule has 1 aromatic carbocycles. The van der Waals surface area contributed by atoms with Crippen molar-refractivity contribution in [3.05, 3.63) is 35.9 Å². The Morgan fingerprint density at radius 3 is 2.83 bits per heavy atom. The minimum absolute atomic E-state index is 0.166. The maximum absolute atomic E-state index is 5.77. The predicted molar refractivity (Wildman–Crippen MR) is 74.5 cm³/mol. The van der Waals surface area contributed by atoms with Gasteiger partial charge in [0, 0.05) is 25.7 Å². The molecule has 1 aromatic rings. The highest BCUT2D eigenvalue weighted by Crippen LogP contribution is 2.31. The van der Waals surface area contributed by atoms with Crippen LogP contribution in [0.4, 0.5) is 0 Å². The summed E-state index contributed by atoms with van der Waals surface area (Å²) in [5.74, 6) is 0. The van der Waals surface area contributed by atoms with E-state index < -0.39 is 0 Å². The van der Waals surface area contributed by atoms with Crippen LogP contribution in [0.2, 0.25) is 0 Å². The van der Waals surface area contributed by atoms with E-state index in [0.717, 1.165) is 19.7 Å². The van der Waals surface area contributed by atoms with Crippen molar-refractivity contribution in [2.75, 3.05) is 26.2 Å². The van der Waals surface area contributed by atoms with E-state index in [0.29, 0.717) is 12.6 Å². The number of hydrogen-bond donors (Lipinski definition) is 1. The third-order valence-corrected chi connectivity index (χ3v) is 3.65.